The molecule has 0 saturated carbocycles. The molecular weight excluding hydrogens is 460 g/mol. The lowest BCUT2D eigenvalue weighted by Gasteiger charge is -2.17. The summed E-state index contributed by atoms with van der Waals surface area (Å²) in [5.74, 6) is -1.41. The van der Waals surface area contributed by atoms with E-state index in [9.17, 15) is 22.8 Å². The van der Waals surface area contributed by atoms with Gasteiger partial charge in [-0.1, -0.05) is 12.1 Å². The van der Waals surface area contributed by atoms with Gasteiger partial charge in [0.05, 0.1) is 10.4 Å². The first-order valence-corrected chi connectivity index (χ1v) is 12.4. The van der Waals surface area contributed by atoms with Crippen molar-refractivity contribution in [2.24, 2.45) is 5.73 Å². The smallest absolute Gasteiger partial charge is 0.408 e. The van der Waals surface area contributed by atoms with E-state index in [1.54, 1.807) is 31.3 Å². The van der Waals surface area contributed by atoms with Crippen LogP contribution in [0.2, 0.25) is 0 Å². The minimum Gasteiger partial charge on any atom is -0.408 e. The van der Waals surface area contributed by atoms with Gasteiger partial charge in [-0.05, 0) is 42.7 Å². The Labute approximate surface area is 196 Å². The Bertz CT molecular complexity index is 1400. The van der Waals surface area contributed by atoms with E-state index in [1.165, 1.54) is 32.0 Å². The van der Waals surface area contributed by atoms with Crippen molar-refractivity contribution in [2.75, 3.05) is 20.1 Å². The summed E-state index contributed by atoms with van der Waals surface area (Å²) in [5.41, 5.74) is 7.01. The minimum absolute atomic E-state index is 0.0361. The van der Waals surface area contributed by atoms with Crippen molar-refractivity contribution < 1.29 is 22.4 Å². The highest BCUT2D eigenvalue weighted by molar-refractivity contribution is 7.89. The largest absolute Gasteiger partial charge is 0.419 e. The predicted molar refractivity (Wildman–Crippen MR) is 125 cm³/mol. The number of rotatable bonds is 8. The van der Waals surface area contributed by atoms with Crippen LogP contribution in [0.15, 0.2) is 56.6 Å². The summed E-state index contributed by atoms with van der Waals surface area (Å²) >= 11 is 0. The first-order chi connectivity index (χ1) is 16.2. The molecule has 1 aromatic heterocycles. The number of hydrogen-bond donors (Lipinski definition) is 1. The number of carbonyl (C=O) groups excluding carboxylic acids is 2. The summed E-state index contributed by atoms with van der Waals surface area (Å²) < 4.78 is 33.6. The molecule has 3 aromatic rings. The number of aryl methyl sites for hydroxylation is 1. The molecule has 0 bridgehead atoms. The number of nitrogens with two attached hydrogens (primary N) is 1. The van der Waals surface area contributed by atoms with Crippen LogP contribution in [-0.4, -0.2) is 54.1 Å². The fraction of sp³-hybridized carbons (Fsp3) is 0.348. The second-order valence-corrected chi connectivity index (χ2v) is 10.3. The monoisotopic (exact) mass is 486 g/mol. The van der Waals surface area contributed by atoms with Crippen LogP contribution in [0.4, 0.5) is 0 Å². The van der Waals surface area contributed by atoms with Gasteiger partial charge in [-0.3, -0.25) is 14.2 Å². The van der Waals surface area contributed by atoms with E-state index >= 15 is 0 Å². The molecule has 11 heteroatoms. The fourth-order valence-electron chi connectivity index (χ4n) is 4.08. The highest BCUT2D eigenvalue weighted by Gasteiger charge is 2.28. The van der Waals surface area contributed by atoms with E-state index in [4.69, 9.17) is 10.2 Å². The van der Waals surface area contributed by atoms with Crippen molar-refractivity contribution in [3.63, 3.8) is 0 Å². The third kappa shape index (κ3) is 4.75. The highest BCUT2D eigenvalue weighted by Crippen LogP contribution is 2.24. The molecule has 0 aliphatic carbocycles. The molecule has 2 aromatic carbocycles. The number of fused-ring (bicyclic) bond motifs is 1. The zero-order valence-corrected chi connectivity index (χ0v) is 19.6. The van der Waals surface area contributed by atoms with E-state index < -0.39 is 21.7 Å². The molecule has 2 N–H and O–H groups in total. The Morgan fingerprint density at radius 3 is 2.56 bits per heavy atom. The summed E-state index contributed by atoms with van der Waals surface area (Å²) in [6.07, 6.45) is 1.69. The predicted octanol–water partition coefficient (Wildman–Crippen LogP) is 1.53. The number of nitrogens with zero attached hydrogens (tertiary/aromatic N) is 3. The second kappa shape index (κ2) is 9.43. The van der Waals surface area contributed by atoms with Gasteiger partial charge in [0.2, 0.25) is 21.8 Å². The number of aromatic nitrogens is 1. The molecule has 1 aliphatic heterocycles. The van der Waals surface area contributed by atoms with Gasteiger partial charge in [0, 0.05) is 51.3 Å². The molecule has 2 heterocycles. The van der Waals surface area contributed by atoms with Gasteiger partial charge >= 0.3 is 5.76 Å². The maximum absolute atomic E-state index is 12.8. The van der Waals surface area contributed by atoms with Gasteiger partial charge in [0.1, 0.15) is 0 Å². The molecule has 180 valence electrons. The summed E-state index contributed by atoms with van der Waals surface area (Å²) in [7, 11) is -2.01. The van der Waals surface area contributed by atoms with Crippen LogP contribution < -0.4 is 11.5 Å². The SMILES string of the molecule is CN(Cc1cccc(C(N)=O)c1)C(=O)CCn1c(=O)oc2cc(S(=O)(=O)N3CCCC3)ccc21. The van der Waals surface area contributed by atoms with Crippen LogP contribution in [0.5, 0.6) is 0 Å². The van der Waals surface area contributed by atoms with Gasteiger partial charge in [-0.2, -0.15) is 4.31 Å². The Morgan fingerprint density at radius 2 is 1.85 bits per heavy atom. The normalized spacial score (nSPS) is 14.5. The maximum atomic E-state index is 12.8. The summed E-state index contributed by atoms with van der Waals surface area (Å²) in [6.45, 7) is 1.31. The number of carbonyl (C=O) groups is 2. The Morgan fingerprint density at radius 1 is 1.12 bits per heavy atom. The standard InChI is InChI=1S/C23H26N4O6S/c1-25(15-16-5-4-6-17(13-16)22(24)29)21(28)9-12-27-19-8-7-18(14-20(19)33-23(27)30)34(31,32)26-10-2-3-11-26/h4-8,13-14H,2-3,9-12,15H2,1H3,(H2,24,29). The van der Waals surface area contributed by atoms with Crippen LogP contribution in [0, 0.1) is 0 Å². The molecule has 0 radical (unpaired) electrons. The average molecular weight is 487 g/mol. The summed E-state index contributed by atoms with van der Waals surface area (Å²) in [6, 6.07) is 11.1. The van der Waals surface area contributed by atoms with E-state index in [0.29, 0.717) is 24.2 Å². The quantitative estimate of drug-likeness (QED) is 0.513. The number of amides is 2. The first-order valence-electron chi connectivity index (χ1n) is 10.9. The molecule has 10 nitrogen and oxygen atoms in total. The lowest BCUT2D eigenvalue weighted by atomic mass is 10.1. The highest BCUT2D eigenvalue weighted by atomic mass is 32.2. The van der Waals surface area contributed by atoms with Gasteiger partial charge in [-0.15, -0.1) is 0 Å². The topological polar surface area (TPSA) is 136 Å². The first kappa shape index (κ1) is 23.7. The molecule has 34 heavy (non-hydrogen) atoms. The van der Waals surface area contributed by atoms with E-state index in [1.807, 2.05) is 0 Å². The van der Waals surface area contributed by atoms with Crippen molar-refractivity contribution in [3.05, 3.63) is 64.1 Å². The number of benzene rings is 2. The van der Waals surface area contributed by atoms with Crippen molar-refractivity contribution in [3.8, 4) is 0 Å². The van der Waals surface area contributed by atoms with Crippen LogP contribution >= 0.6 is 0 Å². The number of oxazole rings is 1. The zero-order chi connectivity index (χ0) is 24.5. The van der Waals surface area contributed by atoms with Gasteiger partial charge in [-0.25, -0.2) is 13.2 Å². The van der Waals surface area contributed by atoms with Gasteiger partial charge < -0.3 is 15.1 Å². The fourth-order valence-corrected chi connectivity index (χ4v) is 5.61. The third-order valence-electron chi connectivity index (χ3n) is 5.95. The molecule has 2 amide bonds. The van der Waals surface area contributed by atoms with Gasteiger partial charge in [0.25, 0.3) is 0 Å². The average Bonchev–Trinajstić information content (AvgIpc) is 3.45. The van der Waals surface area contributed by atoms with Crippen molar-refractivity contribution in [2.45, 2.75) is 37.2 Å². The molecule has 0 atom stereocenters. The van der Waals surface area contributed by atoms with E-state index in [2.05, 4.69) is 0 Å². The maximum Gasteiger partial charge on any atom is 0.419 e. The second-order valence-electron chi connectivity index (χ2n) is 8.32. The Kier molecular flexibility index (Phi) is 6.58. The molecule has 1 aliphatic rings. The summed E-state index contributed by atoms with van der Waals surface area (Å²) in [4.78, 5) is 38.0. The van der Waals surface area contributed by atoms with E-state index in [-0.39, 0.29) is 35.9 Å². The van der Waals surface area contributed by atoms with Crippen LogP contribution in [-0.2, 0) is 27.9 Å². The lowest BCUT2D eigenvalue weighted by molar-refractivity contribution is -0.130. The third-order valence-corrected chi connectivity index (χ3v) is 7.84. The van der Waals surface area contributed by atoms with Crippen molar-refractivity contribution >= 4 is 32.9 Å². The Hall–Kier alpha value is -3.44. The van der Waals surface area contributed by atoms with E-state index in [0.717, 1.165) is 18.4 Å². The number of hydrogen-bond acceptors (Lipinski definition) is 6. The van der Waals surface area contributed by atoms with Crippen LogP contribution in [0.1, 0.15) is 35.2 Å². The molecule has 1 saturated heterocycles. The Balaban J connectivity index is 1.46. The molecule has 0 unspecified atom stereocenters. The van der Waals surface area contributed by atoms with Crippen LogP contribution in [0.25, 0.3) is 11.1 Å². The molecule has 4 rings (SSSR count). The molecule has 0 spiro atoms. The lowest BCUT2D eigenvalue weighted by Crippen LogP contribution is -2.28. The van der Waals surface area contributed by atoms with Gasteiger partial charge in [0.15, 0.2) is 5.58 Å². The zero-order valence-electron chi connectivity index (χ0n) is 18.8. The number of sulfonamides is 1. The minimum atomic E-state index is -3.64. The number of primary amides is 1. The molecule has 1 fully saturated rings. The van der Waals surface area contributed by atoms with Crippen molar-refractivity contribution in [1.29, 1.82) is 0 Å². The van der Waals surface area contributed by atoms with Crippen molar-refractivity contribution in [1.82, 2.24) is 13.8 Å². The molecular formula is C23H26N4O6S. The summed E-state index contributed by atoms with van der Waals surface area (Å²) in [5, 5.41) is 0. The van der Waals surface area contributed by atoms with Crippen LogP contribution in [0.3, 0.4) is 0 Å².